The number of hydrogen-bond donors (Lipinski definition) is 2. The standard InChI is InChI=1S/C42H80N2O2/c1-3-5-7-9-11-13-15-17-19-21-23-25-27-29-31-35-39-43-41(45)37-33-34-38-42(46)44-40-36-32-30-28-26-24-22-20-18-16-14-12-10-8-6-4-2/h33-34,37-38H,3-32,35-36,39-40H2,1-2H3,(H,43,45)(H,44,46)/b37-33-,38-34-. The van der Waals surface area contributed by atoms with Gasteiger partial charge in [0.25, 0.3) is 0 Å². The molecule has 0 heterocycles. The molecule has 0 radical (unpaired) electrons. The molecule has 2 amide bonds. The number of allylic oxidation sites excluding steroid dienone is 2. The van der Waals surface area contributed by atoms with E-state index in [2.05, 4.69) is 24.5 Å². The van der Waals surface area contributed by atoms with Crippen LogP contribution in [0.25, 0.3) is 0 Å². The minimum Gasteiger partial charge on any atom is -0.353 e. The predicted molar refractivity (Wildman–Crippen MR) is 203 cm³/mol. The van der Waals surface area contributed by atoms with E-state index in [9.17, 15) is 9.59 Å². The normalized spacial score (nSPS) is 11.6. The molecule has 0 rings (SSSR count). The van der Waals surface area contributed by atoms with Gasteiger partial charge in [0.1, 0.15) is 0 Å². The van der Waals surface area contributed by atoms with Crippen molar-refractivity contribution in [3.05, 3.63) is 24.3 Å². The highest BCUT2D eigenvalue weighted by Crippen LogP contribution is 2.15. The summed E-state index contributed by atoms with van der Waals surface area (Å²) in [6, 6.07) is 0. The number of amides is 2. The Morgan fingerprint density at radius 1 is 0.326 bits per heavy atom. The molecule has 0 saturated carbocycles. The summed E-state index contributed by atoms with van der Waals surface area (Å²) in [5.74, 6) is -0.168. The van der Waals surface area contributed by atoms with Gasteiger partial charge in [-0.25, -0.2) is 0 Å². The number of carbonyl (C=O) groups is 2. The van der Waals surface area contributed by atoms with Crippen LogP contribution in [0.15, 0.2) is 24.3 Å². The van der Waals surface area contributed by atoms with Crippen LogP contribution in [0.3, 0.4) is 0 Å². The van der Waals surface area contributed by atoms with Crippen molar-refractivity contribution < 1.29 is 9.59 Å². The van der Waals surface area contributed by atoms with Crippen LogP contribution in [0.1, 0.15) is 219 Å². The Morgan fingerprint density at radius 3 is 0.739 bits per heavy atom. The van der Waals surface area contributed by atoms with Crippen LogP contribution in [-0.2, 0) is 9.59 Å². The molecule has 0 aromatic heterocycles. The summed E-state index contributed by atoms with van der Waals surface area (Å²) in [5.41, 5.74) is 0. The van der Waals surface area contributed by atoms with Crippen molar-refractivity contribution in [2.45, 2.75) is 219 Å². The lowest BCUT2D eigenvalue weighted by molar-refractivity contribution is -0.117. The van der Waals surface area contributed by atoms with Gasteiger partial charge in [-0.3, -0.25) is 9.59 Å². The van der Waals surface area contributed by atoms with Crippen LogP contribution in [0.4, 0.5) is 0 Å². The van der Waals surface area contributed by atoms with E-state index in [1.807, 2.05) is 0 Å². The first-order chi connectivity index (χ1) is 22.7. The Morgan fingerprint density at radius 2 is 0.522 bits per heavy atom. The maximum absolute atomic E-state index is 12.0. The largest absolute Gasteiger partial charge is 0.353 e. The van der Waals surface area contributed by atoms with Crippen LogP contribution >= 0.6 is 0 Å². The highest BCUT2D eigenvalue weighted by Gasteiger charge is 1.98. The summed E-state index contributed by atoms with van der Waals surface area (Å²) in [6.07, 6.45) is 49.7. The second-order valence-corrected chi connectivity index (χ2v) is 13.9. The van der Waals surface area contributed by atoms with Crippen molar-refractivity contribution in [3.63, 3.8) is 0 Å². The smallest absolute Gasteiger partial charge is 0.243 e. The molecule has 0 bridgehead atoms. The summed E-state index contributed by atoms with van der Waals surface area (Å²) >= 11 is 0. The molecule has 0 atom stereocenters. The average Bonchev–Trinajstić information content (AvgIpc) is 3.06. The van der Waals surface area contributed by atoms with E-state index in [-0.39, 0.29) is 11.8 Å². The zero-order chi connectivity index (χ0) is 33.4. The molecule has 0 aliphatic rings. The molecule has 0 spiro atoms. The molecule has 0 unspecified atom stereocenters. The molecule has 270 valence electrons. The third kappa shape index (κ3) is 38.6. The molecular weight excluding hydrogens is 564 g/mol. The lowest BCUT2D eigenvalue weighted by atomic mass is 10.0. The molecule has 0 aliphatic carbocycles. The summed E-state index contributed by atoms with van der Waals surface area (Å²) in [7, 11) is 0. The Balaban J connectivity index is 3.38. The Hall–Kier alpha value is -1.58. The molecule has 4 heteroatoms. The highest BCUT2D eigenvalue weighted by atomic mass is 16.2. The van der Waals surface area contributed by atoms with E-state index in [4.69, 9.17) is 0 Å². The topological polar surface area (TPSA) is 58.2 Å². The molecule has 4 nitrogen and oxygen atoms in total. The summed E-state index contributed by atoms with van der Waals surface area (Å²) in [6.45, 7) is 6.02. The molecular formula is C42H80N2O2. The first-order valence-electron chi connectivity index (χ1n) is 20.6. The highest BCUT2D eigenvalue weighted by molar-refractivity contribution is 5.89. The lowest BCUT2D eigenvalue weighted by Crippen LogP contribution is -2.22. The van der Waals surface area contributed by atoms with Crippen LogP contribution in [0.2, 0.25) is 0 Å². The van der Waals surface area contributed by atoms with Gasteiger partial charge in [-0.15, -0.1) is 0 Å². The van der Waals surface area contributed by atoms with E-state index < -0.39 is 0 Å². The van der Waals surface area contributed by atoms with E-state index in [1.165, 1.54) is 205 Å². The first kappa shape index (κ1) is 44.4. The van der Waals surface area contributed by atoms with Gasteiger partial charge < -0.3 is 10.6 Å². The van der Waals surface area contributed by atoms with Crippen molar-refractivity contribution >= 4 is 11.8 Å². The second kappa shape index (κ2) is 39.6. The zero-order valence-corrected chi connectivity index (χ0v) is 31.2. The third-order valence-corrected chi connectivity index (χ3v) is 9.27. The van der Waals surface area contributed by atoms with Gasteiger partial charge in [0, 0.05) is 25.2 Å². The summed E-state index contributed by atoms with van der Waals surface area (Å²) < 4.78 is 0. The Labute approximate surface area is 288 Å². The van der Waals surface area contributed by atoms with Gasteiger partial charge in [-0.1, -0.05) is 219 Å². The number of hydrogen-bond acceptors (Lipinski definition) is 2. The fraction of sp³-hybridized carbons (Fsp3) is 0.857. The number of rotatable bonds is 37. The van der Waals surface area contributed by atoms with Gasteiger partial charge in [0.15, 0.2) is 0 Å². The van der Waals surface area contributed by atoms with Gasteiger partial charge in [-0.2, -0.15) is 0 Å². The van der Waals surface area contributed by atoms with E-state index >= 15 is 0 Å². The number of carbonyl (C=O) groups excluding carboxylic acids is 2. The minimum absolute atomic E-state index is 0.0841. The molecule has 2 N–H and O–H groups in total. The van der Waals surface area contributed by atoms with Crippen LogP contribution in [0.5, 0.6) is 0 Å². The quantitative estimate of drug-likeness (QED) is 0.0401. The SMILES string of the molecule is CCCCCCCCCCCCCCCCCCNC(=O)/C=C\C=C/C(=O)NCCCCCCCCCCCCCCCCCC. The second-order valence-electron chi connectivity index (χ2n) is 13.9. The van der Waals surface area contributed by atoms with Crippen LogP contribution < -0.4 is 10.6 Å². The lowest BCUT2D eigenvalue weighted by Gasteiger charge is -2.04. The minimum atomic E-state index is -0.0841. The van der Waals surface area contributed by atoms with Crippen LogP contribution in [-0.4, -0.2) is 24.9 Å². The van der Waals surface area contributed by atoms with Crippen molar-refractivity contribution in [1.29, 1.82) is 0 Å². The first-order valence-corrected chi connectivity index (χ1v) is 20.6. The van der Waals surface area contributed by atoms with Crippen molar-refractivity contribution in [2.24, 2.45) is 0 Å². The van der Waals surface area contributed by atoms with Crippen LogP contribution in [0, 0.1) is 0 Å². The van der Waals surface area contributed by atoms with Gasteiger partial charge >= 0.3 is 0 Å². The summed E-state index contributed by atoms with van der Waals surface area (Å²) in [4.78, 5) is 23.9. The fourth-order valence-electron chi connectivity index (χ4n) is 6.17. The molecule has 46 heavy (non-hydrogen) atoms. The average molecular weight is 645 g/mol. The van der Waals surface area contributed by atoms with Gasteiger partial charge in [0.05, 0.1) is 0 Å². The van der Waals surface area contributed by atoms with Gasteiger partial charge in [-0.05, 0) is 12.8 Å². The van der Waals surface area contributed by atoms with Crippen molar-refractivity contribution in [1.82, 2.24) is 10.6 Å². The maximum Gasteiger partial charge on any atom is 0.243 e. The maximum atomic E-state index is 12.0. The number of nitrogens with one attached hydrogen (secondary N) is 2. The molecule has 0 fully saturated rings. The zero-order valence-electron chi connectivity index (χ0n) is 31.2. The van der Waals surface area contributed by atoms with E-state index in [1.54, 1.807) is 12.2 Å². The van der Waals surface area contributed by atoms with Crippen molar-refractivity contribution in [2.75, 3.05) is 13.1 Å². The third-order valence-electron chi connectivity index (χ3n) is 9.27. The monoisotopic (exact) mass is 645 g/mol. The summed E-state index contributed by atoms with van der Waals surface area (Å²) in [5, 5.41) is 5.89. The molecule has 0 saturated heterocycles. The fourth-order valence-corrected chi connectivity index (χ4v) is 6.17. The van der Waals surface area contributed by atoms with Crippen molar-refractivity contribution in [3.8, 4) is 0 Å². The van der Waals surface area contributed by atoms with E-state index in [0.29, 0.717) is 0 Å². The van der Waals surface area contributed by atoms with Gasteiger partial charge in [0.2, 0.25) is 11.8 Å². The molecule has 0 aliphatic heterocycles. The Kier molecular flexibility index (Phi) is 38.2. The molecule has 0 aromatic carbocycles. The predicted octanol–water partition coefficient (Wildman–Crippen LogP) is 12.9. The number of unbranched alkanes of at least 4 members (excludes halogenated alkanes) is 30. The Bertz CT molecular complexity index is 629. The van der Waals surface area contributed by atoms with E-state index in [0.717, 1.165) is 25.9 Å². The molecule has 0 aromatic rings.